The van der Waals surface area contributed by atoms with Crippen LogP contribution in [0.3, 0.4) is 0 Å². The lowest BCUT2D eigenvalue weighted by Gasteiger charge is -2.46. The number of anilines is 1. The molecule has 278 valence electrons. The molecule has 2 aliphatic carbocycles. The smallest absolute Gasteiger partial charge is 0.289 e. The number of halogens is 2. The number of aromatic nitrogens is 2. The van der Waals surface area contributed by atoms with E-state index in [2.05, 4.69) is 37.3 Å². The molecule has 2 aliphatic heterocycles. The maximum Gasteiger partial charge on any atom is 0.289 e. The molecule has 10 nitrogen and oxygen atoms in total. The summed E-state index contributed by atoms with van der Waals surface area (Å²) in [7, 11) is -0.356. The first-order chi connectivity index (χ1) is 24.8. The Labute approximate surface area is 310 Å². The lowest BCUT2D eigenvalue weighted by Crippen LogP contribution is -2.49. The van der Waals surface area contributed by atoms with Gasteiger partial charge in [-0.25, -0.2) is 8.60 Å². The number of rotatable bonds is 3. The first kappa shape index (κ1) is 36.6. The van der Waals surface area contributed by atoms with Crippen LogP contribution in [0.2, 0.25) is 5.02 Å². The maximum atomic E-state index is 17.1. The van der Waals surface area contributed by atoms with Crippen molar-refractivity contribution in [3.8, 4) is 5.75 Å². The van der Waals surface area contributed by atoms with Crippen molar-refractivity contribution in [1.82, 2.24) is 14.5 Å². The second-order valence-corrected chi connectivity index (χ2v) is 17.7. The molecule has 1 aromatic heterocycles. The number of fused-ring (bicyclic) bond motifs is 4. The van der Waals surface area contributed by atoms with Crippen LogP contribution in [0, 0.1) is 36.4 Å². The number of carbonyl (C=O) groups excluding carboxylic acids is 2. The molecule has 3 heterocycles. The number of methoxy groups -OCH3 is 1. The van der Waals surface area contributed by atoms with E-state index in [1.165, 1.54) is 22.5 Å². The van der Waals surface area contributed by atoms with Gasteiger partial charge in [0, 0.05) is 43.9 Å². The van der Waals surface area contributed by atoms with Crippen LogP contribution in [0.5, 0.6) is 5.75 Å². The molecule has 2 amide bonds. The fourth-order valence-electron chi connectivity index (χ4n) is 8.56. The normalized spacial score (nSPS) is 30.9. The van der Waals surface area contributed by atoms with Gasteiger partial charge in [-0.05, 0) is 98.1 Å². The number of nitrogens with one attached hydrogen (secondary N) is 1. The van der Waals surface area contributed by atoms with E-state index in [1.54, 1.807) is 27.1 Å². The first-order valence-electron chi connectivity index (χ1n) is 18.1. The summed E-state index contributed by atoms with van der Waals surface area (Å²) in [6.07, 6.45) is 10.1. The SMILES string of the molecule is COC1/C=C/[C@H](C)[C@H](C)C[S@@](=O)(NC(=O)c2cn(C)nc2C)=NC(=O)c2ccc3c(c2F)N(C[C@@H]2CC[C@@H]12)C[C@@]1(CCCc2cc(Cl)ccc21)CO3. The largest absolute Gasteiger partial charge is 0.490 e. The van der Waals surface area contributed by atoms with Crippen molar-refractivity contribution in [3.63, 3.8) is 0 Å². The third kappa shape index (κ3) is 6.89. The summed E-state index contributed by atoms with van der Waals surface area (Å²) in [5.41, 5.74) is 2.41. The number of hydrogen-bond acceptors (Lipinski definition) is 7. The van der Waals surface area contributed by atoms with Crippen LogP contribution in [-0.4, -0.2) is 64.5 Å². The van der Waals surface area contributed by atoms with E-state index >= 15 is 4.39 Å². The van der Waals surface area contributed by atoms with Crippen LogP contribution in [0.15, 0.2) is 53.0 Å². The third-order valence-corrected chi connectivity index (χ3v) is 13.9. The van der Waals surface area contributed by atoms with Gasteiger partial charge in [0.25, 0.3) is 11.8 Å². The van der Waals surface area contributed by atoms with E-state index in [-0.39, 0.29) is 52.3 Å². The number of hydrogen-bond donors (Lipinski definition) is 1. The minimum atomic E-state index is -3.75. The molecular weight excluding hydrogens is 705 g/mol. The quantitative estimate of drug-likeness (QED) is 0.292. The summed E-state index contributed by atoms with van der Waals surface area (Å²) in [6.45, 7) is 6.92. The highest BCUT2D eigenvalue weighted by Gasteiger charge is 2.45. The predicted octanol–water partition coefficient (Wildman–Crippen LogP) is 6.83. The minimum Gasteiger partial charge on any atom is -0.490 e. The molecule has 2 bridgehead atoms. The van der Waals surface area contributed by atoms with Gasteiger partial charge < -0.3 is 14.4 Å². The Hall–Kier alpha value is -3.74. The first-order valence-corrected chi connectivity index (χ1v) is 20.2. The average Bonchev–Trinajstić information content (AvgIpc) is 3.34. The minimum absolute atomic E-state index is 0.0997. The van der Waals surface area contributed by atoms with Gasteiger partial charge in [-0.15, -0.1) is 4.36 Å². The Morgan fingerprint density at radius 3 is 2.71 bits per heavy atom. The Kier molecular flexibility index (Phi) is 10.0. The number of amides is 2. The summed E-state index contributed by atoms with van der Waals surface area (Å²) in [6, 6.07) is 8.97. The number of nitrogens with zero attached hydrogens (tertiary/aromatic N) is 4. The molecule has 3 aromatic rings. The van der Waals surface area contributed by atoms with Crippen molar-refractivity contribution < 1.29 is 27.7 Å². The van der Waals surface area contributed by atoms with Gasteiger partial charge in [0.15, 0.2) is 5.82 Å². The topological polar surface area (TPSA) is 115 Å². The molecule has 1 N–H and O–H groups in total. The maximum absolute atomic E-state index is 17.1. The summed E-state index contributed by atoms with van der Waals surface area (Å²) in [4.78, 5) is 29.6. The Morgan fingerprint density at radius 2 is 2.00 bits per heavy atom. The molecule has 1 saturated carbocycles. The Morgan fingerprint density at radius 1 is 1.19 bits per heavy atom. The van der Waals surface area contributed by atoms with Gasteiger partial charge in [0.1, 0.15) is 21.4 Å². The van der Waals surface area contributed by atoms with Gasteiger partial charge in [0.05, 0.1) is 35.3 Å². The van der Waals surface area contributed by atoms with Crippen molar-refractivity contribution in [3.05, 3.63) is 87.5 Å². The van der Waals surface area contributed by atoms with E-state index in [1.807, 2.05) is 26.0 Å². The van der Waals surface area contributed by atoms with E-state index in [0.717, 1.165) is 37.7 Å². The van der Waals surface area contributed by atoms with E-state index in [4.69, 9.17) is 21.1 Å². The van der Waals surface area contributed by atoms with E-state index < -0.39 is 33.0 Å². The van der Waals surface area contributed by atoms with Crippen molar-refractivity contribution in [2.75, 3.05) is 37.5 Å². The molecule has 7 rings (SSSR count). The summed E-state index contributed by atoms with van der Waals surface area (Å²) < 4.78 is 52.5. The number of ether oxygens (including phenoxy) is 2. The van der Waals surface area contributed by atoms with Gasteiger partial charge in [-0.2, -0.15) is 5.10 Å². The molecule has 1 unspecified atom stereocenters. The molecule has 7 atom stereocenters. The summed E-state index contributed by atoms with van der Waals surface area (Å²) >= 11 is 6.43. The molecule has 13 heteroatoms. The van der Waals surface area contributed by atoms with Crippen LogP contribution in [0.4, 0.5) is 10.1 Å². The second kappa shape index (κ2) is 14.2. The highest BCUT2D eigenvalue weighted by atomic mass is 35.5. The zero-order valence-electron chi connectivity index (χ0n) is 30.4. The van der Waals surface area contributed by atoms with Crippen LogP contribution in [0.1, 0.15) is 77.1 Å². The molecule has 4 aliphatic rings. The average molecular weight is 752 g/mol. The number of carbonyl (C=O) groups is 2. The van der Waals surface area contributed by atoms with Crippen molar-refractivity contribution in [2.45, 2.75) is 64.4 Å². The van der Waals surface area contributed by atoms with Crippen molar-refractivity contribution in [1.29, 1.82) is 0 Å². The van der Waals surface area contributed by atoms with Crippen molar-refractivity contribution >= 4 is 39.0 Å². The molecule has 52 heavy (non-hydrogen) atoms. The Bertz CT molecular complexity index is 2060. The fraction of sp³-hybridized carbons (Fsp3) is 0.513. The molecule has 0 saturated heterocycles. The zero-order valence-corrected chi connectivity index (χ0v) is 31.9. The van der Waals surface area contributed by atoms with Gasteiger partial charge >= 0.3 is 0 Å². The van der Waals surface area contributed by atoms with Gasteiger partial charge in [-0.3, -0.25) is 19.0 Å². The number of benzene rings is 2. The summed E-state index contributed by atoms with van der Waals surface area (Å²) in [5, 5.41) is 4.91. The molecule has 1 fully saturated rings. The molecule has 2 aromatic carbocycles. The molecule has 1 spiro atoms. The fourth-order valence-corrected chi connectivity index (χ4v) is 10.7. The lowest BCUT2D eigenvalue weighted by atomic mass is 9.68. The highest BCUT2D eigenvalue weighted by molar-refractivity contribution is 7.92. The van der Waals surface area contributed by atoms with E-state index in [0.29, 0.717) is 36.2 Å². The standard InChI is InChI=1S/C39H47ClFN5O5S/c1-23-8-14-33(50-5)29-11-9-27(29)18-46-21-39(16-6-7-26-17-28(40)10-13-32(26)39)22-51-34-15-12-30(35(41)36(34)46)37(47)43-52(49,20-24(23)2)44-38(48)31-19-45(4)42-25(31)3/h8,10,12-15,17,19,23-24,27,29,33H,6-7,9,11,16,18,20-22H2,1-5H3,(H,43,44,47,48,49)/b14-8+/t23-,24+,27-,29+,33?,39-,52-/m0/s1. The van der Waals surface area contributed by atoms with Gasteiger partial charge in [-0.1, -0.05) is 43.7 Å². The molecule has 0 radical (unpaired) electrons. The molecular formula is C39H47ClFN5O5S. The summed E-state index contributed by atoms with van der Waals surface area (Å²) in [5.74, 6) is -2.21. The van der Waals surface area contributed by atoms with E-state index in [9.17, 15) is 13.8 Å². The Balaban J connectivity index is 1.35. The van der Waals surface area contributed by atoms with Crippen LogP contribution < -0.4 is 14.4 Å². The van der Waals surface area contributed by atoms with Crippen molar-refractivity contribution in [2.24, 2.45) is 35.1 Å². The predicted molar refractivity (Wildman–Crippen MR) is 200 cm³/mol. The van der Waals surface area contributed by atoms with Crippen LogP contribution >= 0.6 is 11.6 Å². The lowest BCUT2D eigenvalue weighted by molar-refractivity contribution is 0.0129. The third-order valence-electron chi connectivity index (χ3n) is 11.7. The second-order valence-electron chi connectivity index (χ2n) is 15.2. The number of aryl methyl sites for hydroxylation is 3. The number of allylic oxidation sites excluding steroid dienone is 1. The highest BCUT2D eigenvalue weighted by Crippen LogP contribution is 2.48. The van der Waals surface area contributed by atoms with Gasteiger partial charge in [0.2, 0.25) is 0 Å². The zero-order chi connectivity index (χ0) is 36.9. The van der Waals surface area contributed by atoms with Crippen LogP contribution in [0.25, 0.3) is 0 Å². The monoisotopic (exact) mass is 751 g/mol. The van der Waals surface area contributed by atoms with Crippen LogP contribution in [-0.2, 0) is 33.5 Å².